The van der Waals surface area contributed by atoms with Crippen molar-refractivity contribution in [3.8, 4) is 0 Å². The second kappa shape index (κ2) is 6.88. The third kappa shape index (κ3) is 4.84. The van der Waals surface area contributed by atoms with E-state index in [1.165, 1.54) is 11.8 Å². The van der Waals surface area contributed by atoms with Crippen molar-refractivity contribution in [1.29, 1.82) is 0 Å². The van der Waals surface area contributed by atoms with Crippen LogP contribution in [0.4, 0.5) is 0 Å². The first-order chi connectivity index (χ1) is 8.13. The van der Waals surface area contributed by atoms with Crippen molar-refractivity contribution in [2.24, 2.45) is 0 Å². The number of ketones is 1. The van der Waals surface area contributed by atoms with Crippen LogP contribution in [-0.2, 0) is 4.79 Å². The van der Waals surface area contributed by atoms with Crippen LogP contribution < -0.4 is 0 Å². The topological polar surface area (TPSA) is 74.6 Å². The van der Waals surface area contributed by atoms with Crippen LogP contribution in [0, 0.1) is 0 Å². The molecule has 0 amide bonds. The van der Waals surface area contributed by atoms with Crippen LogP contribution in [0.2, 0.25) is 0 Å². The number of carboxylic acid groups (broad SMARTS) is 1. The molecule has 0 aliphatic carbocycles. The van der Waals surface area contributed by atoms with Crippen molar-refractivity contribution in [3.63, 3.8) is 0 Å². The Balaban J connectivity index is 2.67. The van der Waals surface area contributed by atoms with Crippen molar-refractivity contribution in [1.82, 2.24) is 0 Å². The molecule has 1 aromatic carbocycles. The highest BCUT2D eigenvalue weighted by Crippen LogP contribution is 2.18. The number of carboxylic acids is 1. The van der Waals surface area contributed by atoms with Crippen LogP contribution in [0.15, 0.2) is 41.3 Å². The number of rotatable bonds is 6. The van der Waals surface area contributed by atoms with Gasteiger partial charge in [0, 0.05) is 22.3 Å². The largest absolute Gasteiger partial charge is 0.478 e. The number of carbonyl (C=O) groups excluding carboxylic acids is 1. The van der Waals surface area contributed by atoms with Gasteiger partial charge >= 0.3 is 5.97 Å². The summed E-state index contributed by atoms with van der Waals surface area (Å²) in [6.45, 7) is 0.104. The Kier molecular flexibility index (Phi) is 5.45. The van der Waals surface area contributed by atoms with E-state index in [0.717, 1.165) is 17.0 Å². The molecule has 0 fully saturated rings. The van der Waals surface area contributed by atoms with Crippen LogP contribution in [0.3, 0.4) is 0 Å². The summed E-state index contributed by atoms with van der Waals surface area (Å²) in [5, 5.41) is 17.0. The molecular weight excluding hydrogens is 240 g/mol. The van der Waals surface area contributed by atoms with Crippen molar-refractivity contribution < 1.29 is 19.8 Å². The lowest BCUT2D eigenvalue weighted by atomic mass is 10.1. The summed E-state index contributed by atoms with van der Waals surface area (Å²) in [7, 11) is 0. The second-order valence-electron chi connectivity index (χ2n) is 3.13. The average molecular weight is 252 g/mol. The van der Waals surface area contributed by atoms with Gasteiger partial charge in [-0.25, -0.2) is 4.79 Å². The summed E-state index contributed by atoms with van der Waals surface area (Å²) in [4.78, 5) is 22.7. The van der Waals surface area contributed by atoms with Crippen LogP contribution in [0.1, 0.15) is 10.4 Å². The molecule has 1 aromatic rings. The minimum atomic E-state index is -1.14. The van der Waals surface area contributed by atoms with Crippen molar-refractivity contribution in [2.75, 3.05) is 12.4 Å². The molecule has 0 heterocycles. The molecule has 0 unspecified atom stereocenters. The molecule has 0 aliphatic rings. The van der Waals surface area contributed by atoms with Crippen LogP contribution in [0.25, 0.3) is 0 Å². The Morgan fingerprint density at radius 1 is 1.18 bits per heavy atom. The minimum Gasteiger partial charge on any atom is -0.478 e. The van der Waals surface area contributed by atoms with E-state index in [0.29, 0.717) is 11.3 Å². The first-order valence-electron chi connectivity index (χ1n) is 4.92. The molecule has 5 heteroatoms. The van der Waals surface area contributed by atoms with Gasteiger partial charge in [-0.3, -0.25) is 4.79 Å². The quantitative estimate of drug-likeness (QED) is 0.457. The van der Waals surface area contributed by atoms with E-state index in [2.05, 4.69) is 0 Å². The normalized spacial score (nSPS) is 10.6. The number of thioether (sulfide) groups is 1. The summed E-state index contributed by atoms with van der Waals surface area (Å²) in [6.07, 6.45) is 1.84. The van der Waals surface area contributed by atoms with Crippen LogP contribution >= 0.6 is 11.8 Å². The number of aliphatic hydroxyl groups is 1. The Labute approximate surface area is 103 Å². The Morgan fingerprint density at radius 3 is 2.35 bits per heavy atom. The summed E-state index contributed by atoms with van der Waals surface area (Å²) < 4.78 is 0. The van der Waals surface area contributed by atoms with Gasteiger partial charge in [0.05, 0.1) is 6.61 Å². The lowest BCUT2D eigenvalue weighted by molar-refractivity contribution is -0.131. The third-order valence-electron chi connectivity index (χ3n) is 1.88. The van der Waals surface area contributed by atoms with E-state index >= 15 is 0 Å². The Bertz CT molecular complexity index is 423. The molecule has 0 bridgehead atoms. The van der Waals surface area contributed by atoms with Gasteiger partial charge < -0.3 is 10.2 Å². The second-order valence-corrected chi connectivity index (χ2v) is 4.30. The average Bonchev–Trinajstić information content (AvgIpc) is 2.34. The summed E-state index contributed by atoms with van der Waals surface area (Å²) >= 11 is 1.49. The zero-order chi connectivity index (χ0) is 12.7. The van der Waals surface area contributed by atoms with E-state index in [-0.39, 0.29) is 12.4 Å². The van der Waals surface area contributed by atoms with Crippen molar-refractivity contribution >= 4 is 23.5 Å². The van der Waals surface area contributed by atoms with Gasteiger partial charge in [0.25, 0.3) is 0 Å². The van der Waals surface area contributed by atoms with E-state index < -0.39 is 5.97 Å². The third-order valence-corrected chi connectivity index (χ3v) is 2.87. The van der Waals surface area contributed by atoms with Gasteiger partial charge in [0.15, 0.2) is 5.78 Å². The highest BCUT2D eigenvalue weighted by atomic mass is 32.2. The molecule has 0 spiro atoms. The maximum Gasteiger partial charge on any atom is 0.328 e. The Hall–Kier alpha value is -1.59. The number of hydrogen-bond acceptors (Lipinski definition) is 4. The number of aliphatic carboxylic acids is 1. The molecule has 2 N–H and O–H groups in total. The highest BCUT2D eigenvalue weighted by Gasteiger charge is 2.02. The SMILES string of the molecule is O=C(O)/C=C/C(=O)c1ccc(SCCO)cc1. The monoisotopic (exact) mass is 252 g/mol. The lowest BCUT2D eigenvalue weighted by Gasteiger charge is -2.00. The predicted octanol–water partition coefficient (Wildman–Crippen LogP) is 1.59. The maximum absolute atomic E-state index is 11.5. The van der Waals surface area contributed by atoms with Gasteiger partial charge in [-0.1, -0.05) is 0 Å². The fourth-order valence-electron chi connectivity index (χ4n) is 1.12. The molecule has 0 aliphatic heterocycles. The number of benzene rings is 1. The van der Waals surface area contributed by atoms with Crippen molar-refractivity contribution in [3.05, 3.63) is 42.0 Å². The highest BCUT2D eigenvalue weighted by molar-refractivity contribution is 7.99. The molecule has 0 saturated heterocycles. The van der Waals surface area contributed by atoms with Gasteiger partial charge in [0.2, 0.25) is 0 Å². The van der Waals surface area contributed by atoms with Gasteiger partial charge in [-0.05, 0) is 30.3 Å². The molecule has 0 saturated carbocycles. The summed E-state index contributed by atoms with van der Waals surface area (Å²) in [5.41, 5.74) is 0.441. The molecule has 17 heavy (non-hydrogen) atoms. The van der Waals surface area contributed by atoms with Crippen molar-refractivity contribution in [2.45, 2.75) is 4.90 Å². The van der Waals surface area contributed by atoms with E-state index in [4.69, 9.17) is 10.2 Å². The molecule has 0 aromatic heterocycles. The van der Waals surface area contributed by atoms with E-state index in [1.807, 2.05) is 0 Å². The first-order valence-corrected chi connectivity index (χ1v) is 5.91. The molecule has 0 radical (unpaired) electrons. The number of aliphatic hydroxyl groups excluding tert-OH is 1. The predicted molar refractivity (Wildman–Crippen MR) is 65.4 cm³/mol. The summed E-state index contributed by atoms with van der Waals surface area (Å²) in [5.74, 6) is -0.883. The minimum absolute atomic E-state index is 0.104. The molecule has 0 atom stereocenters. The van der Waals surface area contributed by atoms with Crippen LogP contribution in [0.5, 0.6) is 0 Å². The number of allylic oxidation sites excluding steroid dienone is 1. The summed E-state index contributed by atoms with van der Waals surface area (Å²) in [6, 6.07) is 6.80. The van der Waals surface area contributed by atoms with Gasteiger partial charge in [0.1, 0.15) is 0 Å². The zero-order valence-electron chi connectivity index (χ0n) is 9.00. The molecule has 1 rings (SSSR count). The van der Waals surface area contributed by atoms with E-state index in [9.17, 15) is 9.59 Å². The lowest BCUT2D eigenvalue weighted by Crippen LogP contribution is -1.96. The molecular formula is C12H12O4S. The van der Waals surface area contributed by atoms with Gasteiger partial charge in [-0.15, -0.1) is 11.8 Å². The van der Waals surface area contributed by atoms with Crippen LogP contribution in [-0.4, -0.2) is 34.3 Å². The fraction of sp³-hybridized carbons (Fsp3) is 0.167. The maximum atomic E-state index is 11.5. The first kappa shape index (κ1) is 13.5. The van der Waals surface area contributed by atoms with Gasteiger partial charge in [-0.2, -0.15) is 0 Å². The fourth-order valence-corrected chi connectivity index (χ4v) is 1.78. The van der Waals surface area contributed by atoms with E-state index in [1.54, 1.807) is 24.3 Å². The molecule has 90 valence electrons. The standard InChI is InChI=1S/C12H12O4S/c13-7-8-17-10-3-1-9(2-4-10)11(14)5-6-12(15)16/h1-6,13H,7-8H2,(H,15,16)/b6-5+. The zero-order valence-corrected chi connectivity index (χ0v) is 9.81. The smallest absolute Gasteiger partial charge is 0.328 e. The molecule has 4 nitrogen and oxygen atoms in total. The number of hydrogen-bond donors (Lipinski definition) is 2. The number of carbonyl (C=O) groups is 2. The Morgan fingerprint density at radius 2 is 1.82 bits per heavy atom.